The van der Waals surface area contributed by atoms with Crippen LogP contribution in [0.25, 0.3) is 0 Å². The van der Waals surface area contributed by atoms with E-state index in [1.165, 1.54) is 89.9 Å². The van der Waals surface area contributed by atoms with Gasteiger partial charge in [-0.05, 0) is 19.8 Å². The van der Waals surface area contributed by atoms with Crippen molar-refractivity contribution in [1.29, 1.82) is 0 Å². The van der Waals surface area contributed by atoms with Gasteiger partial charge in [-0.1, -0.05) is 90.6 Å². The van der Waals surface area contributed by atoms with Crippen molar-refractivity contribution in [3.8, 4) is 0 Å². The van der Waals surface area contributed by atoms with Crippen molar-refractivity contribution >= 4 is 5.97 Å². The zero-order valence-corrected chi connectivity index (χ0v) is 19.1. The van der Waals surface area contributed by atoms with E-state index >= 15 is 0 Å². The lowest BCUT2D eigenvalue weighted by atomic mass is 10.0. The zero-order valence-electron chi connectivity index (χ0n) is 17.5. The molecule has 0 aliphatic carbocycles. The van der Waals surface area contributed by atoms with Gasteiger partial charge in [-0.15, -0.1) is 0 Å². The van der Waals surface area contributed by atoms with E-state index in [1.54, 1.807) is 6.92 Å². The third-order valence-corrected chi connectivity index (χ3v) is 4.67. The van der Waals surface area contributed by atoms with Crippen molar-refractivity contribution in [3.05, 3.63) is 12.2 Å². The Bertz CT molecular complexity index is 321. The molecular formula is C22H44BrNO2. The summed E-state index contributed by atoms with van der Waals surface area (Å²) >= 11 is 0. The number of hydrogen-bond donors (Lipinski definition) is 1. The highest BCUT2D eigenvalue weighted by Crippen LogP contribution is 2.12. The number of ether oxygens (including phenoxy) is 1. The summed E-state index contributed by atoms with van der Waals surface area (Å²) in [5, 5.41) is 2.24. The van der Waals surface area contributed by atoms with Crippen molar-refractivity contribution in [3.63, 3.8) is 0 Å². The van der Waals surface area contributed by atoms with Crippen LogP contribution in [0, 0.1) is 0 Å². The molecule has 0 spiro atoms. The molecule has 156 valence electrons. The van der Waals surface area contributed by atoms with Crippen LogP contribution in [-0.4, -0.2) is 25.7 Å². The Labute approximate surface area is 173 Å². The number of quaternary nitrogens is 1. The van der Waals surface area contributed by atoms with Crippen molar-refractivity contribution in [2.24, 2.45) is 0 Å². The first-order valence-corrected chi connectivity index (χ1v) is 10.8. The Hall–Kier alpha value is -0.350. The molecule has 0 aromatic rings. The average Bonchev–Trinajstić information content (AvgIpc) is 2.60. The van der Waals surface area contributed by atoms with Crippen LogP contribution in [0.2, 0.25) is 0 Å². The van der Waals surface area contributed by atoms with Crippen LogP contribution >= 0.6 is 0 Å². The van der Waals surface area contributed by atoms with E-state index in [2.05, 4.69) is 18.8 Å². The normalized spacial score (nSPS) is 10.4. The lowest BCUT2D eigenvalue weighted by Gasteiger charge is -2.04. The molecule has 0 saturated carbocycles. The maximum absolute atomic E-state index is 11.2. The Morgan fingerprint density at radius 2 is 1.19 bits per heavy atom. The second kappa shape index (κ2) is 22.7. The highest BCUT2D eigenvalue weighted by Gasteiger charge is 2.02. The summed E-state index contributed by atoms with van der Waals surface area (Å²) in [4.78, 5) is 11.2. The minimum atomic E-state index is -0.273. The van der Waals surface area contributed by atoms with Gasteiger partial charge < -0.3 is 27.0 Å². The number of hydrogen-bond acceptors (Lipinski definition) is 2. The molecule has 0 unspecified atom stereocenters. The molecule has 0 aliphatic heterocycles. The monoisotopic (exact) mass is 433 g/mol. The summed E-state index contributed by atoms with van der Waals surface area (Å²) < 4.78 is 5.06. The highest BCUT2D eigenvalue weighted by atomic mass is 79.9. The van der Waals surface area contributed by atoms with E-state index in [0.29, 0.717) is 12.2 Å². The SMILES string of the molecule is C=C(C)C(=O)OCC[NH2+]CCCCCCCCCCCCCCCC.[Br-]. The van der Waals surface area contributed by atoms with Crippen molar-refractivity contribution < 1.29 is 31.8 Å². The summed E-state index contributed by atoms with van der Waals surface area (Å²) in [5.41, 5.74) is 0.479. The highest BCUT2D eigenvalue weighted by molar-refractivity contribution is 5.86. The molecule has 0 aromatic heterocycles. The molecule has 0 bridgehead atoms. The zero-order chi connectivity index (χ0) is 18.6. The molecule has 0 atom stereocenters. The van der Waals surface area contributed by atoms with Gasteiger partial charge in [0.2, 0.25) is 0 Å². The van der Waals surface area contributed by atoms with Crippen LogP contribution in [0.15, 0.2) is 12.2 Å². The van der Waals surface area contributed by atoms with E-state index in [1.807, 2.05) is 0 Å². The van der Waals surface area contributed by atoms with Crippen LogP contribution in [0.5, 0.6) is 0 Å². The minimum Gasteiger partial charge on any atom is -1.00 e. The molecule has 0 aliphatic rings. The smallest absolute Gasteiger partial charge is 0.333 e. The molecular weight excluding hydrogens is 390 g/mol. The maximum Gasteiger partial charge on any atom is 0.333 e. The third kappa shape index (κ3) is 21.7. The topological polar surface area (TPSA) is 42.9 Å². The standard InChI is InChI=1S/C22H43NO2.BrH/c1-4-5-6-7-8-9-10-11-12-13-14-15-16-17-18-23-19-20-25-22(24)21(2)3;/h23H,2,4-20H2,1,3H3;1H. The third-order valence-electron chi connectivity index (χ3n) is 4.67. The fourth-order valence-electron chi connectivity index (χ4n) is 2.99. The van der Waals surface area contributed by atoms with Crippen LogP contribution in [0.4, 0.5) is 0 Å². The Morgan fingerprint density at radius 1 is 0.769 bits per heavy atom. The van der Waals surface area contributed by atoms with Gasteiger partial charge in [-0.3, -0.25) is 0 Å². The first-order valence-electron chi connectivity index (χ1n) is 10.8. The number of esters is 1. The second-order valence-corrected chi connectivity index (χ2v) is 7.38. The van der Waals surface area contributed by atoms with Crippen LogP contribution in [-0.2, 0) is 9.53 Å². The fraction of sp³-hybridized carbons (Fsp3) is 0.864. The van der Waals surface area contributed by atoms with Gasteiger partial charge in [0.15, 0.2) is 0 Å². The molecule has 0 rings (SSSR count). The summed E-state index contributed by atoms with van der Waals surface area (Å²) in [6.45, 7) is 10.0. The molecule has 0 saturated heterocycles. The van der Waals surface area contributed by atoms with E-state index < -0.39 is 0 Å². The van der Waals surface area contributed by atoms with Gasteiger partial charge in [0.1, 0.15) is 13.2 Å². The van der Waals surface area contributed by atoms with Gasteiger partial charge in [-0.2, -0.15) is 0 Å². The molecule has 4 heteroatoms. The quantitative estimate of drug-likeness (QED) is 0.192. The van der Waals surface area contributed by atoms with Crippen LogP contribution in [0.1, 0.15) is 104 Å². The van der Waals surface area contributed by atoms with Crippen LogP contribution in [0.3, 0.4) is 0 Å². The van der Waals surface area contributed by atoms with Crippen molar-refractivity contribution in [1.82, 2.24) is 0 Å². The Balaban J connectivity index is 0. The molecule has 2 N–H and O–H groups in total. The number of halogens is 1. The lowest BCUT2D eigenvalue weighted by Crippen LogP contribution is -3.00. The molecule has 3 nitrogen and oxygen atoms in total. The molecule has 26 heavy (non-hydrogen) atoms. The van der Waals surface area contributed by atoms with Gasteiger partial charge >= 0.3 is 5.97 Å². The first-order chi connectivity index (χ1) is 12.2. The van der Waals surface area contributed by atoms with E-state index in [9.17, 15) is 4.79 Å². The lowest BCUT2D eigenvalue weighted by molar-refractivity contribution is -0.656. The van der Waals surface area contributed by atoms with Crippen molar-refractivity contribution in [2.45, 2.75) is 104 Å². The number of carbonyl (C=O) groups excluding carboxylic acids is 1. The average molecular weight is 435 g/mol. The largest absolute Gasteiger partial charge is 1.00 e. The number of rotatable bonds is 19. The fourth-order valence-corrected chi connectivity index (χ4v) is 2.99. The van der Waals surface area contributed by atoms with Crippen molar-refractivity contribution in [2.75, 3.05) is 19.7 Å². The molecule has 0 aromatic carbocycles. The predicted molar refractivity (Wildman–Crippen MR) is 108 cm³/mol. The number of nitrogens with two attached hydrogens (primary N) is 1. The summed E-state index contributed by atoms with van der Waals surface area (Å²) in [6, 6.07) is 0. The first kappa shape index (κ1) is 27.9. The van der Waals surface area contributed by atoms with Crippen LogP contribution < -0.4 is 22.3 Å². The molecule has 0 radical (unpaired) electrons. The summed E-state index contributed by atoms with van der Waals surface area (Å²) in [7, 11) is 0. The molecule has 0 amide bonds. The summed E-state index contributed by atoms with van der Waals surface area (Å²) in [6.07, 6.45) is 19.6. The van der Waals surface area contributed by atoms with Gasteiger partial charge in [0.05, 0.1) is 6.54 Å². The van der Waals surface area contributed by atoms with E-state index in [-0.39, 0.29) is 23.0 Å². The predicted octanol–water partition coefficient (Wildman–Crippen LogP) is 2.15. The summed E-state index contributed by atoms with van der Waals surface area (Å²) in [5.74, 6) is -0.273. The maximum atomic E-state index is 11.2. The molecule has 0 fully saturated rings. The Morgan fingerprint density at radius 3 is 1.62 bits per heavy atom. The molecule has 0 heterocycles. The number of carbonyl (C=O) groups is 1. The number of unbranched alkanes of at least 4 members (excludes halogenated alkanes) is 13. The van der Waals surface area contributed by atoms with E-state index in [0.717, 1.165) is 13.1 Å². The second-order valence-electron chi connectivity index (χ2n) is 7.38. The minimum absolute atomic E-state index is 0. The van der Waals surface area contributed by atoms with E-state index in [4.69, 9.17) is 4.74 Å². The van der Waals surface area contributed by atoms with Gasteiger partial charge in [0.25, 0.3) is 0 Å². The van der Waals surface area contributed by atoms with Gasteiger partial charge in [-0.25, -0.2) is 4.79 Å². The van der Waals surface area contributed by atoms with Gasteiger partial charge in [0, 0.05) is 5.57 Å². The Kier molecular flexibility index (Phi) is 24.3.